The molecule has 0 atom stereocenters. The standard InChI is InChI=1S/C12H12ClNOS/c13-10-1-3-11(4-2-10)15-8-9-5-6-16-12(9)7-14/h1-6H,7-8,14H2. The van der Waals surface area contributed by atoms with Gasteiger partial charge in [0.05, 0.1) is 0 Å². The summed E-state index contributed by atoms with van der Waals surface area (Å²) in [6, 6.07) is 9.39. The van der Waals surface area contributed by atoms with Crippen molar-refractivity contribution in [1.29, 1.82) is 0 Å². The largest absolute Gasteiger partial charge is 0.489 e. The van der Waals surface area contributed by atoms with Crippen molar-refractivity contribution in [3.63, 3.8) is 0 Å². The van der Waals surface area contributed by atoms with Gasteiger partial charge in [0.15, 0.2) is 0 Å². The van der Waals surface area contributed by atoms with Crippen LogP contribution in [0.15, 0.2) is 35.7 Å². The van der Waals surface area contributed by atoms with E-state index in [4.69, 9.17) is 22.1 Å². The molecule has 0 aliphatic rings. The summed E-state index contributed by atoms with van der Waals surface area (Å²) in [5, 5.41) is 2.74. The molecule has 1 aromatic heterocycles. The highest BCUT2D eigenvalue weighted by molar-refractivity contribution is 7.10. The van der Waals surface area contributed by atoms with Crippen molar-refractivity contribution in [2.24, 2.45) is 5.73 Å². The number of benzene rings is 1. The van der Waals surface area contributed by atoms with E-state index in [0.29, 0.717) is 18.2 Å². The van der Waals surface area contributed by atoms with Crippen molar-refractivity contribution in [1.82, 2.24) is 0 Å². The third-order valence-electron chi connectivity index (χ3n) is 2.23. The van der Waals surface area contributed by atoms with Crippen LogP contribution >= 0.6 is 22.9 Å². The Morgan fingerprint density at radius 1 is 1.19 bits per heavy atom. The van der Waals surface area contributed by atoms with Crippen molar-refractivity contribution in [2.45, 2.75) is 13.2 Å². The van der Waals surface area contributed by atoms with Gasteiger partial charge in [-0.1, -0.05) is 11.6 Å². The monoisotopic (exact) mass is 253 g/mol. The van der Waals surface area contributed by atoms with Gasteiger partial charge in [-0.2, -0.15) is 0 Å². The van der Waals surface area contributed by atoms with Crippen LogP contribution in [0.4, 0.5) is 0 Å². The number of hydrogen-bond donors (Lipinski definition) is 1. The molecule has 1 aromatic carbocycles. The highest BCUT2D eigenvalue weighted by atomic mass is 35.5. The van der Waals surface area contributed by atoms with Gasteiger partial charge in [0.25, 0.3) is 0 Å². The predicted octanol–water partition coefficient (Wildman–Crippen LogP) is 3.44. The summed E-state index contributed by atoms with van der Waals surface area (Å²) >= 11 is 7.45. The lowest BCUT2D eigenvalue weighted by Crippen LogP contribution is -2.01. The predicted molar refractivity (Wildman–Crippen MR) is 68.0 cm³/mol. The zero-order valence-electron chi connectivity index (χ0n) is 8.65. The van der Waals surface area contributed by atoms with Gasteiger partial charge in [0.1, 0.15) is 12.4 Å². The molecule has 0 spiro atoms. The third-order valence-corrected chi connectivity index (χ3v) is 3.47. The lowest BCUT2D eigenvalue weighted by Gasteiger charge is -2.06. The first-order valence-electron chi connectivity index (χ1n) is 4.93. The molecule has 0 unspecified atom stereocenters. The fourth-order valence-corrected chi connectivity index (χ4v) is 2.26. The molecule has 0 aliphatic carbocycles. The topological polar surface area (TPSA) is 35.2 Å². The lowest BCUT2D eigenvalue weighted by atomic mass is 10.2. The lowest BCUT2D eigenvalue weighted by molar-refractivity contribution is 0.305. The van der Waals surface area contributed by atoms with Crippen LogP contribution in [0.25, 0.3) is 0 Å². The van der Waals surface area contributed by atoms with Gasteiger partial charge in [0.2, 0.25) is 0 Å². The van der Waals surface area contributed by atoms with Crippen LogP contribution in [-0.2, 0) is 13.2 Å². The smallest absolute Gasteiger partial charge is 0.119 e. The zero-order valence-corrected chi connectivity index (χ0v) is 10.2. The minimum Gasteiger partial charge on any atom is -0.489 e. The Morgan fingerprint density at radius 3 is 2.62 bits per heavy atom. The van der Waals surface area contributed by atoms with Crippen molar-refractivity contribution in [3.8, 4) is 5.75 Å². The van der Waals surface area contributed by atoms with Crippen molar-refractivity contribution < 1.29 is 4.74 Å². The molecule has 0 aliphatic heterocycles. The summed E-state index contributed by atoms with van der Waals surface area (Å²) in [6.07, 6.45) is 0. The zero-order chi connectivity index (χ0) is 11.4. The summed E-state index contributed by atoms with van der Waals surface area (Å²) in [5.41, 5.74) is 6.78. The first-order chi connectivity index (χ1) is 7.79. The fourth-order valence-electron chi connectivity index (χ4n) is 1.37. The van der Waals surface area contributed by atoms with E-state index in [0.717, 1.165) is 11.3 Å². The van der Waals surface area contributed by atoms with E-state index in [2.05, 4.69) is 0 Å². The van der Waals surface area contributed by atoms with Crippen LogP contribution in [0, 0.1) is 0 Å². The van der Waals surface area contributed by atoms with E-state index in [-0.39, 0.29) is 0 Å². The van der Waals surface area contributed by atoms with E-state index >= 15 is 0 Å². The molecule has 2 aromatic rings. The van der Waals surface area contributed by atoms with Crippen molar-refractivity contribution >= 4 is 22.9 Å². The fraction of sp³-hybridized carbons (Fsp3) is 0.167. The molecule has 0 bridgehead atoms. The summed E-state index contributed by atoms with van der Waals surface area (Å²) in [7, 11) is 0. The third kappa shape index (κ3) is 2.76. The van der Waals surface area contributed by atoms with Crippen LogP contribution in [0.3, 0.4) is 0 Å². The molecule has 0 fully saturated rings. The minimum absolute atomic E-state index is 0.553. The average molecular weight is 254 g/mol. The minimum atomic E-state index is 0.553. The first kappa shape index (κ1) is 11.5. The molecule has 16 heavy (non-hydrogen) atoms. The van der Waals surface area contributed by atoms with Gasteiger partial charge in [0, 0.05) is 22.0 Å². The molecule has 2 N–H and O–H groups in total. The van der Waals surface area contributed by atoms with Gasteiger partial charge in [-0.15, -0.1) is 11.3 Å². The second-order valence-corrected chi connectivity index (χ2v) is 4.75. The molecule has 0 saturated heterocycles. The van der Waals surface area contributed by atoms with Crippen LogP contribution in [-0.4, -0.2) is 0 Å². The van der Waals surface area contributed by atoms with Crippen LogP contribution in [0.1, 0.15) is 10.4 Å². The number of halogens is 1. The maximum Gasteiger partial charge on any atom is 0.119 e. The SMILES string of the molecule is NCc1sccc1COc1ccc(Cl)cc1. The molecule has 4 heteroatoms. The molecule has 2 nitrogen and oxygen atoms in total. The Hall–Kier alpha value is -1.03. The quantitative estimate of drug-likeness (QED) is 0.906. The Bertz CT molecular complexity index is 452. The van der Waals surface area contributed by atoms with Gasteiger partial charge >= 0.3 is 0 Å². The van der Waals surface area contributed by atoms with E-state index in [1.807, 2.05) is 35.7 Å². The Morgan fingerprint density at radius 2 is 1.94 bits per heavy atom. The number of hydrogen-bond acceptors (Lipinski definition) is 3. The highest BCUT2D eigenvalue weighted by Crippen LogP contribution is 2.20. The second kappa shape index (κ2) is 5.34. The number of thiophene rings is 1. The normalized spacial score (nSPS) is 10.4. The molecule has 0 amide bonds. The summed E-state index contributed by atoms with van der Waals surface area (Å²) < 4.78 is 5.64. The first-order valence-corrected chi connectivity index (χ1v) is 6.19. The molecule has 2 rings (SSSR count). The maximum absolute atomic E-state index is 5.79. The second-order valence-electron chi connectivity index (χ2n) is 3.32. The maximum atomic E-state index is 5.79. The molecular weight excluding hydrogens is 242 g/mol. The van der Waals surface area contributed by atoms with Crippen LogP contribution in [0.5, 0.6) is 5.75 Å². The van der Waals surface area contributed by atoms with E-state index < -0.39 is 0 Å². The summed E-state index contributed by atoms with van der Waals surface area (Å²) in [4.78, 5) is 1.17. The molecule has 0 saturated carbocycles. The van der Waals surface area contributed by atoms with Gasteiger partial charge in [-0.25, -0.2) is 0 Å². The molecule has 0 radical (unpaired) electrons. The number of nitrogens with two attached hydrogens (primary N) is 1. The van der Waals surface area contributed by atoms with Gasteiger partial charge < -0.3 is 10.5 Å². The van der Waals surface area contributed by atoms with E-state index in [1.54, 1.807) is 11.3 Å². The Balaban J connectivity index is 1.99. The number of ether oxygens (including phenoxy) is 1. The molecule has 84 valence electrons. The van der Waals surface area contributed by atoms with E-state index in [9.17, 15) is 0 Å². The number of rotatable bonds is 4. The Labute approximate surface area is 104 Å². The van der Waals surface area contributed by atoms with Gasteiger partial charge in [-0.3, -0.25) is 0 Å². The highest BCUT2D eigenvalue weighted by Gasteiger charge is 2.03. The molecule has 1 heterocycles. The molecular formula is C12H12ClNOS. The van der Waals surface area contributed by atoms with Crippen molar-refractivity contribution in [2.75, 3.05) is 0 Å². The van der Waals surface area contributed by atoms with Crippen LogP contribution < -0.4 is 10.5 Å². The van der Waals surface area contributed by atoms with Crippen LogP contribution in [0.2, 0.25) is 5.02 Å². The van der Waals surface area contributed by atoms with Crippen molar-refractivity contribution in [3.05, 3.63) is 51.2 Å². The van der Waals surface area contributed by atoms with E-state index in [1.165, 1.54) is 4.88 Å². The average Bonchev–Trinajstić information content (AvgIpc) is 2.76. The summed E-state index contributed by atoms with van der Waals surface area (Å²) in [6.45, 7) is 1.12. The van der Waals surface area contributed by atoms with Gasteiger partial charge in [-0.05, 0) is 35.7 Å². The summed E-state index contributed by atoms with van der Waals surface area (Å²) in [5.74, 6) is 0.818. The Kier molecular flexibility index (Phi) is 3.83.